The van der Waals surface area contributed by atoms with Gasteiger partial charge in [-0.3, -0.25) is 0 Å². The summed E-state index contributed by atoms with van der Waals surface area (Å²) in [5.74, 6) is 1.40. The van der Waals surface area contributed by atoms with Gasteiger partial charge in [0.15, 0.2) is 0 Å². The molecule has 3 aromatic rings. The van der Waals surface area contributed by atoms with Crippen LogP contribution in [-0.4, -0.2) is 28.2 Å². The lowest BCUT2D eigenvalue weighted by molar-refractivity contribution is -0.137. The predicted octanol–water partition coefficient (Wildman–Crippen LogP) is 5.48. The molecule has 31 heavy (non-hydrogen) atoms. The zero-order valence-electron chi connectivity index (χ0n) is 16.8. The van der Waals surface area contributed by atoms with E-state index in [1.165, 1.54) is 12.1 Å². The molecular formula is C23H21F3N2O2S. The molecule has 1 atom stereocenters. The Hall–Kier alpha value is -3.00. The van der Waals surface area contributed by atoms with Gasteiger partial charge in [0.25, 0.3) is 0 Å². The minimum atomic E-state index is -4.38. The van der Waals surface area contributed by atoms with E-state index in [4.69, 9.17) is 21.7 Å². The Bertz CT molecular complexity index is 1060. The number of alkyl halides is 3. The van der Waals surface area contributed by atoms with Crippen LogP contribution in [0.3, 0.4) is 0 Å². The van der Waals surface area contributed by atoms with Gasteiger partial charge in [-0.15, -0.1) is 0 Å². The highest BCUT2D eigenvalue weighted by atomic mass is 32.1. The Labute approximate surface area is 183 Å². The van der Waals surface area contributed by atoms with Gasteiger partial charge in [-0.05, 0) is 54.1 Å². The quantitative estimate of drug-likeness (QED) is 0.469. The molecule has 1 aliphatic heterocycles. The fourth-order valence-electron chi connectivity index (χ4n) is 3.71. The highest BCUT2D eigenvalue weighted by molar-refractivity contribution is 7.80. The zero-order chi connectivity index (χ0) is 22.0. The smallest absolute Gasteiger partial charge is 0.416 e. The maximum absolute atomic E-state index is 13.1. The van der Waals surface area contributed by atoms with Gasteiger partial charge >= 0.3 is 6.18 Å². The number of thiocarbonyl (C=S) groups is 1. The monoisotopic (exact) mass is 446 g/mol. The summed E-state index contributed by atoms with van der Waals surface area (Å²) in [6, 6.07) is 16.3. The lowest BCUT2D eigenvalue weighted by atomic mass is 10.1. The zero-order valence-corrected chi connectivity index (χ0v) is 17.6. The van der Waals surface area contributed by atoms with Crippen LogP contribution in [-0.2, 0) is 19.3 Å². The molecule has 1 aromatic heterocycles. The fourth-order valence-corrected chi connectivity index (χ4v) is 4.04. The number of halogens is 3. The second kappa shape index (κ2) is 8.63. The molecule has 2 aromatic carbocycles. The summed E-state index contributed by atoms with van der Waals surface area (Å²) in [7, 11) is 1.60. The maximum Gasteiger partial charge on any atom is 0.416 e. The van der Waals surface area contributed by atoms with Crippen molar-refractivity contribution in [3.05, 3.63) is 83.7 Å². The average Bonchev–Trinajstić information content (AvgIpc) is 3.21. The van der Waals surface area contributed by atoms with Gasteiger partial charge in [-0.25, -0.2) is 0 Å². The third-order valence-electron chi connectivity index (χ3n) is 5.28. The van der Waals surface area contributed by atoms with E-state index in [1.807, 2.05) is 52.1 Å². The Kier molecular flexibility index (Phi) is 5.91. The number of nitrogens with zero attached hydrogens (tertiary/aromatic N) is 2. The summed E-state index contributed by atoms with van der Waals surface area (Å²) in [5, 5.41) is 0. The molecule has 0 spiro atoms. The first kappa shape index (κ1) is 21.2. The Morgan fingerprint density at radius 1 is 1.03 bits per heavy atom. The van der Waals surface area contributed by atoms with Crippen molar-refractivity contribution in [2.24, 2.45) is 0 Å². The van der Waals surface area contributed by atoms with Crippen LogP contribution < -0.4 is 9.47 Å². The van der Waals surface area contributed by atoms with Crippen LogP contribution in [0.4, 0.5) is 13.2 Å². The molecule has 0 aliphatic carbocycles. The van der Waals surface area contributed by atoms with E-state index < -0.39 is 11.7 Å². The summed E-state index contributed by atoms with van der Waals surface area (Å²) >= 11 is 5.63. The Balaban J connectivity index is 1.58. The van der Waals surface area contributed by atoms with Crippen molar-refractivity contribution in [1.82, 2.24) is 9.47 Å². The van der Waals surface area contributed by atoms with E-state index in [0.717, 1.165) is 17.5 Å². The number of methoxy groups -OCH3 is 1. The lowest BCUT2D eigenvalue weighted by Crippen LogP contribution is -2.43. The normalized spacial score (nSPS) is 16.2. The molecule has 0 radical (unpaired) electrons. The van der Waals surface area contributed by atoms with Crippen LogP contribution in [0.5, 0.6) is 11.5 Å². The van der Waals surface area contributed by atoms with Crippen molar-refractivity contribution in [2.45, 2.75) is 25.3 Å². The van der Waals surface area contributed by atoms with Crippen molar-refractivity contribution < 1.29 is 22.6 Å². The van der Waals surface area contributed by atoms with E-state index in [9.17, 15) is 13.2 Å². The molecular weight excluding hydrogens is 425 g/mol. The van der Waals surface area contributed by atoms with Crippen LogP contribution >= 0.6 is 12.2 Å². The molecule has 0 saturated heterocycles. The van der Waals surface area contributed by atoms with Crippen molar-refractivity contribution in [3.63, 3.8) is 0 Å². The highest BCUT2D eigenvalue weighted by Crippen LogP contribution is 2.33. The van der Waals surface area contributed by atoms with E-state index in [1.54, 1.807) is 13.2 Å². The minimum absolute atomic E-state index is 0.229. The summed E-state index contributed by atoms with van der Waals surface area (Å²) < 4.78 is 52.7. The molecule has 0 N–H and O–H groups in total. The van der Waals surface area contributed by atoms with E-state index in [-0.39, 0.29) is 12.6 Å². The number of rotatable bonds is 6. The van der Waals surface area contributed by atoms with Gasteiger partial charge in [0.05, 0.1) is 24.2 Å². The second-order valence-corrected chi connectivity index (χ2v) is 7.75. The summed E-state index contributed by atoms with van der Waals surface area (Å²) in [4.78, 5) is 2.60. The number of hydrogen-bond acceptors (Lipinski definition) is 3. The molecule has 4 rings (SSSR count). The van der Waals surface area contributed by atoms with Gasteiger partial charge in [-0.1, -0.05) is 24.4 Å². The molecule has 0 fully saturated rings. The van der Waals surface area contributed by atoms with Crippen molar-refractivity contribution in [1.29, 1.82) is 0 Å². The molecule has 0 saturated carbocycles. The van der Waals surface area contributed by atoms with Crippen molar-refractivity contribution in [2.75, 3.05) is 13.7 Å². The predicted molar refractivity (Wildman–Crippen MR) is 115 cm³/mol. The third-order valence-corrected chi connectivity index (χ3v) is 5.65. The first-order chi connectivity index (χ1) is 14.8. The van der Waals surface area contributed by atoms with E-state index >= 15 is 0 Å². The topological polar surface area (TPSA) is 26.6 Å². The van der Waals surface area contributed by atoms with Gasteiger partial charge in [0, 0.05) is 18.4 Å². The van der Waals surface area contributed by atoms with Crippen molar-refractivity contribution in [3.8, 4) is 11.5 Å². The molecule has 0 amide bonds. The first-order valence-corrected chi connectivity index (χ1v) is 10.1. The molecule has 2 heterocycles. The number of ether oxygens (including phenoxy) is 2. The SMILES string of the molecule is COc1ccc(OCC2c3cccn3CC(=S)N2Cc2cccc(C(F)(F)F)c2)cc1. The Morgan fingerprint density at radius 3 is 2.48 bits per heavy atom. The van der Waals surface area contributed by atoms with Crippen LogP contribution in [0.1, 0.15) is 22.9 Å². The molecule has 0 bridgehead atoms. The van der Waals surface area contributed by atoms with Crippen molar-refractivity contribution >= 4 is 17.2 Å². The summed E-state index contributed by atoms with van der Waals surface area (Å²) in [6.07, 6.45) is -2.44. The number of hydrogen-bond donors (Lipinski definition) is 0. The number of benzene rings is 2. The van der Waals surface area contributed by atoms with Crippen LogP contribution in [0.15, 0.2) is 66.9 Å². The first-order valence-electron chi connectivity index (χ1n) is 9.72. The van der Waals surface area contributed by atoms with Crippen LogP contribution in [0.2, 0.25) is 0 Å². The molecule has 162 valence electrons. The average molecular weight is 446 g/mol. The van der Waals surface area contributed by atoms with Gasteiger partial charge in [0.1, 0.15) is 24.1 Å². The molecule has 1 unspecified atom stereocenters. The summed E-state index contributed by atoms with van der Waals surface area (Å²) in [6.45, 7) is 1.08. The Morgan fingerprint density at radius 2 is 1.77 bits per heavy atom. The van der Waals surface area contributed by atoms with Gasteiger partial charge in [0.2, 0.25) is 0 Å². The summed E-state index contributed by atoms with van der Waals surface area (Å²) in [5.41, 5.74) is 0.892. The lowest BCUT2D eigenvalue weighted by Gasteiger charge is -2.39. The van der Waals surface area contributed by atoms with E-state index in [0.29, 0.717) is 29.5 Å². The fraction of sp³-hybridized carbons (Fsp3) is 0.261. The highest BCUT2D eigenvalue weighted by Gasteiger charge is 2.33. The van der Waals surface area contributed by atoms with Gasteiger partial charge in [-0.2, -0.15) is 13.2 Å². The number of fused-ring (bicyclic) bond motifs is 1. The standard InChI is InChI=1S/C23H21F3N2O2S/c1-29-18-7-9-19(10-8-18)30-15-21-20-6-3-11-27(20)14-22(31)28(21)13-16-4-2-5-17(12-16)23(24,25)26/h2-12,21H,13-15H2,1H3. The molecule has 8 heteroatoms. The second-order valence-electron chi connectivity index (χ2n) is 7.28. The van der Waals surface area contributed by atoms with Crippen LogP contribution in [0, 0.1) is 0 Å². The molecule has 4 nitrogen and oxygen atoms in total. The van der Waals surface area contributed by atoms with E-state index in [2.05, 4.69) is 0 Å². The largest absolute Gasteiger partial charge is 0.497 e. The van der Waals surface area contributed by atoms with Gasteiger partial charge < -0.3 is 18.9 Å². The van der Waals surface area contributed by atoms with Crippen LogP contribution in [0.25, 0.3) is 0 Å². The third kappa shape index (κ3) is 4.69. The minimum Gasteiger partial charge on any atom is -0.497 e. The molecule has 1 aliphatic rings. The maximum atomic E-state index is 13.1. The number of aromatic nitrogens is 1.